The lowest BCUT2D eigenvalue weighted by atomic mass is 9.97. The lowest BCUT2D eigenvalue weighted by Crippen LogP contribution is -2.41. The quantitative estimate of drug-likeness (QED) is 0.715. The molecule has 0 spiro atoms. The van der Waals surface area contributed by atoms with Crippen molar-refractivity contribution in [1.29, 1.82) is 0 Å². The van der Waals surface area contributed by atoms with Crippen LogP contribution in [0.4, 0.5) is 16.0 Å². The number of hydrogen-bond donors (Lipinski definition) is 1. The Morgan fingerprint density at radius 2 is 1.72 bits per heavy atom. The minimum absolute atomic E-state index is 0.0292. The van der Waals surface area contributed by atoms with Gasteiger partial charge in [0.2, 0.25) is 11.9 Å². The average Bonchev–Trinajstić information content (AvgIpc) is 2.76. The summed E-state index contributed by atoms with van der Waals surface area (Å²) >= 11 is 0. The molecule has 1 saturated heterocycles. The van der Waals surface area contributed by atoms with Crippen LogP contribution in [0.5, 0.6) is 0 Å². The van der Waals surface area contributed by atoms with Crippen molar-refractivity contribution in [2.75, 3.05) is 23.3 Å². The minimum Gasteiger partial charge on any atom is -0.340 e. The molecule has 3 aromatic rings. The van der Waals surface area contributed by atoms with Crippen molar-refractivity contribution < 1.29 is 9.18 Å². The topological polar surface area (TPSA) is 58.1 Å². The molecule has 1 amide bonds. The fourth-order valence-corrected chi connectivity index (χ4v) is 3.53. The van der Waals surface area contributed by atoms with Gasteiger partial charge in [-0.15, -0.1) is 0 Å². The molecule has 148 valence electrons. The van der Waals surface area contributed by atoms with Crippen molar-refractivity contribution in [2.45, 2.75) is 19.8 Å². The van der Waals surface area contributed by atoms with Crippen LogP contribution in [0.25, 0.3) is 11.1 Å². The van der Waals surface area contributed by atoms with Gasteiger partial charge in [0.05, 0.1) is 5.92 Å². The second-order valence-corrected chi connectivity index (χ2v) is 7.42. The Morgan fingerprint density at radius 3 is 2.41 bits per heavy atom. The number of piperidine rings is 1. The highest BCUT2D eigenvalue weighted by Gasteiger charge is 2.27. The first kappa shape index (κ1) is 19.1. The van der Waals surface area contributed by atoms with Crippen LogP contribution in [0.15, 0.2) is 60.9 Å². The maximum Gasteiger partial charge on any atom is 0.229 e. The highest BCUT2D eigenvalue weighted by molar-refractivity contribution is 5.93. The van der Waals surface area contributed by atoms with Gasteiger partial charge in [0.25, 0.3) is 0 Å². The highest BCUT2D eigenvalue weighted by Crippen LogP contribution is 2.24. The van der Waals surface area contributed by atoms with E-state index < -0.39 is 0 Å². The van der Waals surface area contributed by atoms with Crippen molar-refractivity contribution in [2.24, 2.45) is 5.92 Å². The molecular weight excluding hydrogens is 367 g/mol. The number of aryl methyl sites for hydroxylation is 1. The number of carbonyl (C=O) groups excluding carboxylic acids is 1. The van der Waals surface area contributed by atoms with E-state index in [9.17, 15) is 9.18 Å². The molecule has 0 unspecified atom stereocenters. The van der Waals surface area contributed by atoms with Crippen LogP contribution >= 0.6 is 0 Å². The fraction of sp³-hybridized carbons (Fsp3) is 0.261. The number of hydrogen-bond acceptors (Lipinski definition) is 4. The van der Waals surface area contributed by atoms with E-state index in [2.05, 4.69) is 20.2 Å². The van der Waals surface area contributed by atoms with Crippen LogP contribution < -0.4 is 10.2 Å². The summed E-state index contributed by atoms with van der Waals surface area (Å²) in [6, 6.07) is 14.1. The average molecular weight is 390 g/mol. The largest absolute Gasteiger partial charge is 0.340 e. The molecule has 6 heteroatoms. The lowest BCUT2D eigenvalue weighted by molar-refractivity contribution is -0.120. The number of anilines is 2. The van der Waals surface area contributed by atoms with Crippen molar-refractivity contribution in [3.63, 3.8) is 0 Å². The Hall–Kier alpha value is -3.28. The van der Waals surface area contributed by atoms with Crippen molar-refractivity contribution in [3.05, 3.63) is 72.3 Å². The Bertz CT molecular complexity index is 971. The molecule has 4 rings (SSSR count). The van der Waals surface area contributed by atoms with E-state index >= 15 is 0 Å². The summed E-state index contributed by atoms with van der Waals surface area (Å²) in [4.78, 5) is 23.7. The summed E-state index contributed by atoms with van der Waals surface area (Å²) in [7, 11) is 0. The SMILES string of the molecule is Cc1ccc(NC(=O)[C@@H]2CCCN(c3ncc(-c4ccc(F)cc4)cn3)C2)cc1. The van der Waals surface area contributed by atoms with Crippen LogP contribution in [0.1, 0.15) is 18.4 Å². The number of rotatable bonds is 4. The molecule has 2 heterocycles. The van der Waals surface area contributed by atoms with E-state index in [1.807, 2.05) is 31.2 Å². The summed E-state index contributed by atoms with van der Waals surface area (Å²) in [6.07, 6.45) is 5.24. The maximum atomic E-state index is 13.1. The monoisotopic (exact) mass is 390 g/mol. The van der Waals surface area contributed by atoms with Gasteiger partial charge in [-0.05, 0) is 49.6 Å². The number of aromatic nitrogens is 2. The second-order valence-electron chi connectivity index (χ2n) is 7.42. The van der Waals surface area contributed by atoms with Crippen molar-refractivity contribution in [1.82, 2.24) is 9.97 Å². The molecule has 0 saturated carbocycles. The van der Waals surface area contributed by atoms with E-state index in [1.165, 1.54) is 12.1 Å². The zero-order chi connectivity index (χ0) is 20.2. The normalized spacial score (nSPS) is 16.5. The van der Waals surface area contributed by atoms with E-state index in [4.69, 9.17) is 0 Å². The molecule has 29 heavy (non-hydrogen) atoms. The van der Waals surface area contributed by atoms with Gasteiger partial charge in [-0.25, -0.2) is 14.4 Å². The number of nitrogens with one attached hydrogen (secondary N) is 1. The van der Waals surface area contributed by atoms with Gasteiger partial charge in [-0.3, -0.25) is 4.79 Å². The Balaban J connectivity index is 1.41. The molecular formula is C23H23FN4O. The van der Waals surface area contributed by atoms with Crippen molar-refractivity contribution >= 4 is 17.5 Å². The van der Waals surface area contributed by atoms with Gasteiger partial charge in [0, 0.05) is 36.7 Å². The molecule has 0 bridgehead atoms. The Labute approximate surface area is 169 Å². The molecule has 5 nitrogen and oxygen atoms in total. The number of benzene rings is 2. The van der Waals surface area contributed by atoms with Crippen LogP contribution in [-0.2, 0) is 4.79 Å². The lowest BCUT2D eigenvalue weighted by Gasteiger charge is -2.32. The van der Waals surface area contributed by atoms with Gasteiger partial charge in [0.1, 0.15) is 5.82 Å². The molecule has 1 aliphatic rings. The Morgan fingerprint density at radius 1 is 1.03 bits per heavy atom. The Kier molecular flexibility index (Phi) is 5.51. The number of amides is 1. The predicted octanol–water partition coefficient (Wildman–Crippen LogP) is 4.45. The summed E-state index contributed by atoms with van der Waals surface area (Å²) < 4.78 is 13.1. The molecule has 1 aliphatic heterocycles. The standard InChI is InChI=1S/C23H23FN4O/c1-16-4-10-21(11-5-16)27-22(29)18-3-2-12-28(15-18)23-25-13-19(14-26-23)17-6-8-20(24)9-7-17/h4-11,13-14,18H,2-3,12,15H2,1H3,(H,27,29)/t18-/m1/s1. The third-order valence-electron chi connectivity index (χ3n) is 5.21. The minimum atomic E-state index is -0.269. The van der Waals surface area contributed by atoms with E-state index in [0.29, 0.717) is 12.5 Å². The second kappa shape index (κ2) is 8.39. The van der Waals surface area contributed by atoms with Gasteiger partial charge in [-0.2, -0.15) is 0 Å². The van der Waals surface area contributed by atoms with Gasteiger partial charge in [0.15, 0.2) is 0 Å². The summed E-state index contributed by atoms with van der Waals surface area (Å²) in [6.45, 7) is 3.43. The van der Waals surface area contributed by atoms with Crippen LogP contribution in [0, 0.1) is 18.7 Å². The molecule has 0 radical (unpaired) electrons. The smallest absolute Gasteiger partial charge is 0.229 e. The van der Waals surface area contributed by atoms with E-state index in [0.717, 1.165) is 41.8 Å². The maximum absolute atomic E-state index is 13.1. The first-order chi connectivity index (χ1) is 14.1. The van der Waals surface area contributed by atoms with E-state index in [1.54, 1.807) is 24.5 Å². The predicted molar refractivity (Wildman–Crippen MR) is 112 cm³/mol. The molecule has 1 N–H and O–H groups in total. The van der Waals surface area contributed by atoms with Gasteiger partial charge >= 0.3 is 0 Å². The first-order valence-electron chi connectivity index (χ1n) is 9.79. The van der Waals surface area contributed by atoms with Crippen LogP contribution in [0.2, 0.25) is 0 Å². The number of carbonyl (C=O) groups is 1. The van der Waals surface area contributed by atoms with Gasteiger partial charge in [-0.1, -0.05) is 29.8 Å². The zero-order valence-corrected chi connectivity index (χ0v) is 16.3. The third kappa shape index (κ3) is 4.59. The summed E-state index contributed by atoms with van der Waals surface area (Å²) in [5.41, 5.74) is 3.68. The number of nitrogens with zero attached hydrogens (tertiary/aromatic N) is 3. The molecule has 2 aromatic carbocycles. The molecule has 1 atom stereocenters. The van der Waals surface area contributed by atoms with Gasteiger partial charge < -0.3 is 10.2 Å². The highest BCUT2D eigenvalue weighted by atomic mass is 19.1. The van der Waals surface area contributed by atoms with Crippen LogP contribution in [0.3, 0.4) is 0 Å². The molecule has 1 aromatic heterocycles. The third-order valence-corrected chi connectivity index (χ3v) is 5.21. The van der Waals surface area contributed by atoms with Crippen LogP contribution in [-0.4, -0.2) is 29.0 Å². The fourth-order valence-electron chi connectivity index (χ4n) is 3.53. The molecule has 0 aliphatic carbocycles. The number of halogens is 1. The molecule has 1 fully saturated rings. The summed E-state index contributed by atoms with van der Waals surface area (Å²) in [5.74, 6) is 0.269. The zero-order valence-electron chi connectivity index (χ0n) is 16.3. The first-order valence-corrected chi connectivity index (χ1v) is 9.79. The summed E-state index contributed by atoms with van der Waals surface area (Å²) in [5, 5.41) is 3.01. The van der Waals surface area contributed by atoms with E-state index in [-0.39, 0.29) is 17.6 Å². The van der Waals surface area contributed by atoms with Crippen molar-refractivity contribution in [3.8, 4) is 11.1 Å².